The minimum Gasteiger partial charge on any atom is -0.333 e. The maximum atomic E-state index is 4.50. The summed E-state index contributed by atoms with van der Waals surface area (Å²) in [5, 5.41) is 3.34. The van der Waals surface area contributed by atoms with Gasteiger partial charge in [0.1, 0.15) is 0 Å². The molecular formula is C10H16N2. The standard InChI is InChI=1S/C9H11N.CH5N/c1-2-4-9-7-10-6-5-8(9)3-1;1-2/h1-4,10H,5-7H2;2H2,1H3. The quantitative estimate of drug-likeness (QED) is 0.598. The lowest BCUT2D eigenvalue weighted by molar-refractivity contribution is 0.644. The van der Waals surface area contributed by atoms with Crippen LogP contribution in [0.5, 0.6) is 0 Å². The molecule has 12 heavy (non-hydrogen) atoms. The summed E-state index contributed by atoms with van der Waals surface area (Å²) in [6.07, 6.45) is 1.19. The Hall–Kier alpha value is -0.860. The van der Waals surface area contributed by atoms with E-state index in [1.54, 1.807) is 0 Å². The molecular weight excluding hydrogens is 148 g/mol. The molecule has 0 unspecified atom stereocenters. The molecule has 3 N–H and O–H groups in total. The van der Waals surface area contributed by atoms with Crippen LogP contribution in [0.1, 0.15) is 11.1 Å². The van der Waals surface area contributed by atoms with Crippen LogP contribution in [-0.2, 0) is 13.0 Å². The Kier molecular flexibility index (Phi) is 3.77. The van der Waals surface area contributed by atoms with Crippen molar-refractivity contribution in [2.24, 2.45) is 5.73 Å². The SMILES string of the molecule is CN.c1ccc2c(c1)CCNC2. The molecule has 2 nitrogen and oxygen atoms in total. The number of rotatable bonds is 0. The van der Waals surface area contributed by atoms with E-state index in [1.165, 1.54) is 24.6 Å². The van der Waals surface area contributed by atoms with Gasteiger partial charge < -0.3 is 11.1 Å². The van der Waals surface area contributed by atoms with Crippen LogP contribution in [0.25, 0.3) is 0 Å². The number of benzene rings is 1. The smallest absolute Gasteiger partial charge is 0.0208 e. The molecule has 1 heterocycles. The van der Waals surface area contributed by atoms with Crippen molar-refractivity contribution in [2.75, 3.05) is 13.6 Å². The predicted molar refractivity (Wildman–Crippen MR) is 52.0 cm³/mol. The molecule has 0 saturated heterocycles. The van der Waals surface area contributed by atoms with E-state index in [0.717, 1.165) is 13.1 Å². The highest BCUT2D eigenvalue weighted by molar-refractivity contribution is 5.28. The molecule has 2 heteroatoms. The van der Waals surface area contributed by atoms with Crippen molar-refractivity contribution in [1.82, 2.24) is 5.32 Å². The van der Waals surface area contributed by atoms with Gasteiger partial charge in [0.25, 0.3) is 0 Å². The zero-order valence-electron chi connectivity index (χ0n) is 7.51. The van der Waals surface area contributed by atoms with Crippen LogP contribution >= 0.6 is 0 Å². The van der Waals surface area contributed by atoms with Crippen molar-refractivity contribution >= 4 is 0 Å². The van der Waals surface area contributed by atoms with Gasteiger partial charge in [0.15, 0.2) is 0 Å². The van der Waals surface area contributed by atoms with Gasteiger partial charge in [-0.15, -0.1) is 0 Å². The number of nitrogens with two attached hydrogens (primary N) is 1. The minimum absolute atomic E-state index is 1.05. The number of hydrogen-bond donors (Lipinski definition) is 2. The monoisotopic (exact) mass is 164 g/mol. The lowest BCUT2D eigenvalue weighted by Crippen LogP contribution is -2.23. The van der Waals surface area contributed by atoms with Crippen LogP contribution in [0, 0.1) is 0 Å². The minimum atomic E-state index is 1.05. The van der Waals surface area contributed by atoms with Crippen LogP contribution < -0.4 is 11.1 Å². The summed E-state index contributed by atoms with van der Waals surface area (Å²) in [5.74, 6) is 0. The summed E-state index contributed by atoms with van der Waals surface area (Å²) in [7, 11) is 1.50. The molecule has 2 rings (SSSR count). The van der Waals surface area contributed by atoms with Crippen LogP contribution in [0.2, 0.25) is 0 Å². The summed E-state index contributed by atoms with van der Waals surface area (Å²) >= 11 is 0. The van der Waals surface area contributed by atoms with E-state index in [9.17, 15) is 0 Å². The fraction of sp³-hybridized carbons (Fsp3) is 0.400. The van der Waals surface area contributed by atoms with Crippen LogP contribution in [0.3, 0.4) is 0 Å². The van der Waals surface area contributed by atoms with Crippen molar-refractivity contribution in [2.45, 2.75) is 13.0 Å². The molecule has 1 aliphatic rings. The fourth-order valence-corrected chi connectivity index (χ4v) is 1.42. The molecule has 1 aromatic rings. The first kappa shape index (κ1) is 9.23. The Balaban J connectivity index is 0.000000336. The third-order valence-electron chi connectivity index (χ3n) is 2.00. The molecule has 66 valence electrons. The summed E-state index contributed by atoms with van der Waals surface area (Å²) in [5.41, 5.74) is 7.48. The fourth-order valence-electron chi connectivity index (χ4n) is 1.42. The molecule has 0 radical (unpaired) electrons. The van der Waals surface area contributed by atoms with Gasteiger partial charge in [-0.05, 0) is 31.1 Å². The lowest BCUT2D eigenvalue weighted by atomic mass is 10.0. The van der Waals surface area contributed by atoms with Gasteiger partial charge >= 0.3 is 0 Å². The van der Waals surface area contributed by atoms with Gasteiger partial charge in [0, 0.05) is 6.54 Å². The van der Waals surface area contributed by atoms with E-state index in [-0.39, 0.29) is 0 Å². The highest BCUT2D eigenvalue weighted by atomic mass is 14.9. The van der Waals surface area contributed by atoms with E-state index in [2.05, 4.69) is 35.3 Å². The van der Waals surface area contributed by atoms with Gasteiger partial charge in [-0.3, -0.25) is 0 Å². The second-order valence-electron chi connectivity index (χ2n) is 2.70. The average molecular weight is 164 g/mol. The predicted octanol–water partition coefficient (Wildman–Crippen LogP) is 0.907. The van der Waals surface area contributed by atoms with E-state index in [4.69, 9.17) is 0 Å². The maximum Gasteiger partial charge on any atom is 0.0208 e. The van der Waals surface area contributed by atoms with E-state index in [1.807, 2.05) is 0 Å². The van der Waals surface area contributed by atoms with Crippen molar-refractivity contribution in [3.8, 4) is 0 Å². The molecule has 0 fully saturated rings. The zero-order chi connectivity index (χ0) is 8.81. The lowest BCUT2D eigenvalue weighted by Gasteiger charge is -2.15. The van der Waals surface area contributed by atoms with Crippen molar-refractivity contribution in [1.29, 1.82) is 0 Å². The molecule has 0 bridgehead atoms. The normalized spacial score (nSPS) is 14.2. The summed E-state index contributed by atoms with van der Waals surface area (Å²) in [6.45, 7) is 2.19. The van der Waals surface area contributed by atoms with Crippen LogP contribution in [-0.4, -0.2) is 13.6 Å². The van der Waals surface area contributed by atoms with Crippen molar-refractivity contribution < 1.29 is 0 Å². The number of fused-ring (bicyclic) bond motifs is 1. The molecule has 0 amide bonds. The Bertz CT molecular complexity index is 208. The summed E-state index contributed by atoms with van der Waals surface area (Å²) in [4.78, 5) is 0. The average Bonchev–Trinajstić information content (AvgIpc) is 2.21. The first-order valence-electron chi connectivity index (χ1n) is 4.32. The van der Waals surface area contributed by atoms with Crippen molar-refractivity contribution in [3.63, 3.8) is 0 Å². The molecule has 0 aromatic heterocycles. The van der Waals surface area contributed by atoms with Gasteiger partial charge in [0.05, 0.1) is 0 Å². The van der Waals surface area contributed by atoms with Crippen molar-refractivity contribution in [3.05, 3.63) is 35.4 Å². The first-order valence-corrected chi connectivity index (χ1v) is 4.32. The van der Waals surface area contributed by atoms with Crippen LogP contribution in [0.4, 0.5) is 0 Å². The van der Waals surface area contributed by atoms with Gasteiger partial charge in [-0.25, -0.2) is 0 Å². The molecule has 1 aromatic carbocycles. The first-order chi connectivity index (χ1) is 5.97. The van der Waals surface area contributed by atoms with Crippen LogP contribution in [0.15, 0.2) is 24.3 Å². The largest absolute Gasteiger partial charge is 0.333 e. The second kappa shape index (κ2) is 4.91. The Labute approximate surface area is 73.8 Å². The Morgan fingerprint density at radius 1 is 1.17 bits per heavy atom. The molecule has 1 aliphatic heterocycles. The van der Waals surface area contributed by atoms with Gasteiger partial charge in [0.2, 0.25) is 0 Å². The highest BCUT2D eigenvalue weighted by Crippen LogP contribution is 2.11. The van der Waals surface area contributed by atoms with E-state index < -0.39 is 0 Å². The van der Waals surface area contributed by atoms with Gasteiger partial charge in [-0.1, -0.05) is 24.3 Å². The Morgan fingerprint density at radius 3 is 2.50 bits per heavy atom. The second-order valence-corrected chi connectivity index (χ2v) is 2.70. The summed E-state index contributed by atoms with van der Waals surface area (Å²) in [6, 6.07) is 8.63. The zero-order valence-corrected chi connectivity index (χ0v) is 7.51. The summed E-state index contributed by atoms with van der Waals surface area (Å²) < 4.78 is 0. The topological polar surface area (TPSA) is 38.0 Å². The molecule has 0 saturated carbocycles. The third-order valence-corrected chi connectivity index (χ3v) is 2.00. The number of nitrogens with one attached hydrogen (secondary N) is 1. The maximum absolute atomic E-state index is 4.50. The molecule has 0 aliphatic carbocycles. The van der Waals surface area contributed by atoms with E-state index >= 15 is 0 Å². The highest BCUT2D eigenvalue weighted by Gasteiger charge is 2.05. The van der Waals surface area contributed by atoms with Gasteiger partial charge in [-0.2, -0.15) is 0 Å². The number of hydrogen-bond acceptors (Lipinski definition) is 2. The third kappa shape index (κ3) is 2.06. The Morgan fingerprint density at radius 2 is 1.83 bits per heavy atom. The van der Waals surface area contributed by atoms with E-state index in [0.29, 0.717) is 0 Å². The molecule has 0 spiro atoms. The molecule has 0 atom stereocenters.